The fourth-order valence-electron chi connectivity index (χ4n) is 3.69. The summed E-state index contributed by atoms with van der Waals surface area (Å²) in [7, 11) is 0. The van der Waals surface area contributed by atoms with Crippen LogP contribution in [0.25, 0.3) is 0 Å². The first kappa shape index (κ1) is 12.4. The first-order valence-electron chi connectivity index (χ1n) is 6.95. The standard InChI is InChI=1S/C15H19N3O/c1-9-5-15(14(8-16)10(2)17-9)18-11-3-4-12(18)7-13(19)6-11/h5,11-13,19H,3-4,6-7H2,1-2H3/t11-,12-/m0/s1. The summed E-state index contributed by atoms with van der Waals surface area (Å²) in [4.78, 5) is 6.75. The molecule has 2 saturated heterocycles. The number of pyridine rings is 1. The average Bonchev–Trinajstić information content (AvgIpc) is 2.60. The molecule has 100 valence electrons. The molecule has 0 spiro atoms. The topological polar surface area (TPSA) is 60.1 Å². The molecule has 2 atom stereocenters. The van der Waals surface area contributed by atoms with E-state index < -0.39 is 0 Å². The summed E-state index contributed by atoms with van der Waals surface area (Å²) >= 11 is 0. The van der Waals surface area contributed by atoms with Crippen molar-refractivity contribution in [1.29, 1.82) is 5.26 Å². The van der Waals surface area contributed by atoms with Crippen LogP contribution in [0.5, 0.6) is 0 Å². The van der Waals surface area contributed by atoms with Gasteiger partial charge in [-0.1, -0.05) is 0 Å². The van der Waals surface area contributed by atoms with E-state index in [1.165, 1.54) is 0 Å². The van der Waals surface area contributed by atoms with E-state index in [4.69, 9.17) is 0 Å². The molecule has 2 bridgehead atoms. The molecule has 0 aromatic carbocycles. The van der Waals surface area contributed by atoms with Crippen LogP contribution in [0.1, 0.15) is 42.6 Å². The van der Waals surface area contributed by atoms with Crippen LogP contribution in [0, 0.1) is 25.2 Å². The van der Waals surface area contributed by atoms with E-state index in [2.05, 4.69) is 16.0 Å². The molecule has 4 nitrogen and oxygen atoms in total. The van der Waals surface area contributed by atoms with E-state index in [0.717, 1.165) is 42.8 Å². The number of aryl methyl sites for hydroxylation is 2. The van der Waals surface area contributed by atoms with Crippen LogP contribution in [0.3, 0.4) is 0 Å². The molecular weight excluding hydrogens is 238 g/mol. The Morgan fingerprint density at radius 1 is 1.32 bits per heavy atom. The van der Waals surface area contributed by atoms with E-state index in [1.807, 2.05) is 19.9 Å². The number of anilines is 1. The van der Waals surface area contributed by atoms with Gasteiger partial charge >= 0.3 is 0 Å². The third-order valence-electron chi connectivity index (χ3n) is 4.41. The smallest absolute Gasteiger partial charge is 0.103 e. The van der Waals surface area contributed by atoms with Gasteiger partial charge in [0.25, 0.3) is 0 Å². The van der Waals surface area contributed by atoms with Crippen molar-refractivity contribution < 1.29 is 5.11 Å². The number of nitrogens with zero attached hydrogens (tertiary/aromatic N) is 3. The van der Waals surface area contributed by atoms with E-state index in [1.54, 1.807) is 0 Å². The Bertz CT molecular complexity index is 535. The van der Waals surface area contributed by atoms with Crippen molar-refractivity contribution in [2.45, 2.75) is 57.7 Å². The highest BCUT2D eigenvalue weighted by Gasteiger charge is 2.41. The Hall–Kier alpha value is -1.60. The predicted octanol–water partition coefficient (Wildman–Crippen LogP) is 2.06. The molecule has 3 rings (SSSR count). The van der Waals surface area contributed by atoms with Gasteiger partial charge in [0.1, 0.15) is 6.07 Å². The molecule has 1 N–H and O–H groups in total. The zero-order valence-corrected chi connectivity index (χ0v) is 11.4. The minimum absolute atomic E-state index is 0.177. The minimum Gasteiger partial charge on any atom is -0.393 e. The molecule has 0 radical (unpaired) electrons. The molecule has 1 aromatic rings. The quantitative estimate of drug-likeness (QED) is 0.836. The molecule has 0 aliphatic carbocycles. The Kier molecular flexibility index (Phi) is 2.94. The van der Waals surface area contributed by atoms with Crippen molar-refractivity contribution in [3.8, 4) is 6.07 Å². The molecule has 2 aliphatic rings. The summed E-state index contributed by atoms with van der Waals surface area (Å²) in [6.45, 7) is 3.87. The van der Waals surface area contributed by atoms with Crippen LogP contribution < -0.4 is 4.90 Å². The van der Waals surface area contributed by atoms with Gasteiger partial charge in [0.05, 0.1) is 23.0 Å². The Labute approximate surface area is 113 Å². The largest absolute Gasteiger partial charge is 0.393 e. The SMILES string of the molecule is Cc1cc(N2[C@H]3CC[C@H]2CC(O)C3)c(C#N)c(C)n1. The molecule has 0 saturated carbocycles. The molecule has 19 heavy (non-hydrogen) atoms. The molecule has 0 unspecified atom stereocenters. The number of hydrogen-bond acceptors (Lipinski definition) is 4. The molecule has 1 aromatic heterocycles. The lowest BCUT2D eigenvalue weighted by Crippen LogP contribution is -2.45. The van der Waals surface area contributed by atoms with Crippen LogP contribution in [0.4, 0.5) is 5.69 Å². The molecule has 4 heteroatoms. The second-order valence-electron chi connectivity index (χ2n) is 5.77. The van der Waals surface area contributed by atoms with Gasteiger partial charge in [-0.15, -0.1) is 0 Å². The maximum Gasteiger partial charge on any atom is 0.103 e. The highest BCUT2D eigenvalue weighted by atomic mass is 16.3. The van der Waals surface area contributed by atoms with E-state index in [-0.39, 0.29) is 6.10 Å². The maximum absolute atomic E-state index is 9.89. The third kappa shape index (κ3) is 1.98. The van der Waals surface area contributed by atoms with Gasteiger partial charge in [-0.25, -0.2) is 0 Å². The molecule has 0 amide bonds. The fourth-order valence-corrected chi connectivity index (χ4v) is 3.69. The Morgan fingerprint density at radius 3 is 2.53 bits per heavy atom. The normalized spacial score (nSPS) is 29.4. The van der Waals surface area contributed by atoms with Gasteiger partial charge in [-0.3, -0.25) is 4.98 Å². The predicted molar refractivity (Wildman–Crippen MR) is 73.0 cm³/mol. The molecule has 3 heterocycles. The van der Waals surface area contributed by atoms with Crippen LogP contribution in [0.15, 0.2) is 6.07 Å². The summed E-state index contributed by atoms with van der Waals surface area (Å²) in [6, 6.07) is 5.08. The number of aliphatic hydroxyl groups excluding tert-OH is 1. The van der Waals surface area contributed by atoms with Crippen LogP contribution in [0.2, 0.25) is 0 Å². The summed E-state index contributed by atoms with van der Waals surface area (Å²) in [5.74, 6) is 0. The van der Waals surface area contributed by atoms with Crippen molar-refractivity contribution >= 4 is 5.69 Å². The third-order valence-corrected chi connectivity index (χ3v) is 4.41. The summed E-state index contributed by atoms with van der Waals surface area (Å²) in [5, 5.41) is 19.3. The van der Waals surface area contributed by atoms with Crippen molar-refractivity contribution in [2.24, 2.45) is 0 Å². The van der Waals surface area contributed by atoms with E-state index in [9.17, 15) is 10.4 Å². The van der Waals surface area contributed by atoms with Crippen molar-refractivity contribution in [3.63, 3.8) is 0 Å². The monoisotopic (exact) mass is 257 g/mol. The van der Waals surface area contributed by atoms with Gasteiger partial charge in [0.15, 0.2) is 0 Å². The van der Waals surface area contributed by atoms with Crippen LogP contribution in [-0.2, 0) is 0 Å². The number of fused-ring (bicyclic) bond motifs is 2. The minimum atomic E-state index is -0.177. The molecule has 2 fully saturated rings. The summed E-state index contributed by atoms with van der Waals surface area (Å²) in [6.07, 6.45) is 3.70. The lowest BCUT2D eigenvalue weighted by molar-refractivity contribution is 0.126. The zero-order chi connectivity index (χ0) is 13.6. The summed E-state index contributed by atoms with van der Waals surface area (Å²) < 4.78 is 0. The van der Waals surface area contributed by atoms with Crippen LogP contribution >= 0.6 is 0 Å². The van der Waals surface area contributed by atoms with Gasteiger partial charge in [-0.05, 0) is 45.6 Å². The second-order valence-corrected chi connectivity index (χ2v) is 5.77. The number of hydrogen-bond donors (Lipinski definition) is 1. The van der Waals surface area contributed by atoms with Gasteiger partial charge < -0.3 is 10.0 Å². The highest BCUT2D eigenvalue weighted by Crippen LogP contribution is 2.41. The second kappa shape index (κ2) is 4.50. The Balaban J connectivity index is 2.06. The lowest BCUT2D eigenvalue weighted by Gasteiger charge is -2.39. The number of aliphatic hydroxyl groups is 1. The lowest BCUT2D eigenvalue weighted by atomic mass is 9.97. The first-order valence-corrected chi connectivity index (χ1v) is 6.95. The highest BCUT2D eigenvalue weighted by molar-refractivity contribution is 5.63. The van der Waals surface area contributed by atoms with Crippen molar-refractivity contribution in [1.82, 2.24) is 4.98 Å². The van der Waals surface area contributed by atoms with E-state index in [0.29, 0.717) is 17.6 Å². The average molecular weight is 257 g/mol. The summed E-state index contributed by atoms with van der Waals surface area (Å²) in [5.41, 5.74) is 3.48. The van der Waals surface area contributed by atoms with E-state index >= 15 is 0 Å². The Morgan fingerprint density at radius 2 is 1.95 bits per heavy atom. The number of rotatable bonds is 1. The van der Waals surface area contributed by atoms with Crippen molar-refractivity contribution in [2.75, 3.05) is 4.90 Å². The molecular formula is C15H19N3O. The maximum atomic E-state index is 9.89. The van der Waals surface area contributed by atoms with Gasteiger partial charge in [0, 0.05) is 17.8 Å². The number of nitriles is 1. The fraction of sp³-hybridized carbons (Fsp3) is 0.600. The number of piperidine rings is 1. The van der Waals surface area contributed by atoms with Gasteiger partial charge in [-0.2, -0.15) is 5.26 Å². The van der Waals surface area contributed by atoms with Gasteiger partial charge in [0.2, 0.25) is 0 Å². The van der Waals surface area contributed by atoms with Crippen LogP contribution in [-0.4, -0.2) is 28.3 Å². The zero-order valence-electron chi connectivity index (χ0n) is 11.4. The van der Waals surface area contributed by atoms with Crippen molar-refractivity contribution in [3.05, 3.63) is 23.0 Å². The number of aromatic nitrogens is 1. The molecule has 2 aliphatic heterocycles. The first-order chi connectivity index (χ1) is 9.10.